The summed E-state index contributed by atoms with van der Waals surface area (Å²) in [6.45, 7) is 9.37. The third-order valence-corrected chi connectivity index (χ3v) is 5.14. The molecule has 0 fully saturated rings. The number of nitrogens with one attached hydrogen (secondary N) is 1. The fourth-order valence-electron chi connectivity index (χ4n) is 2.58. The lowest BCUT2D eigenvalue weighted by atomic mass is 10.1. The average Bonchev–Trinajstić information content (AvgIpc) is 2.85. The molecule has 2 aromatic rings. The number of carbonyl (C=O) groups is 1. The zero-order valence-electron chi connectivity index (χ0n) is 15.1. The van der Waals surface area contributed by atoms with Gasteiger partial charge in [0.2, 0.25) is 5.91 Å². The van der Waals surface area contributed by atoms with E-state index >= 15 is 0 Å². The number of hydrogen-bond acceptors (Lipinski definition) is 3. The van der Waals surface area contributed by atoms with E-state index in [4.69, 9.17) is 0 Å². The molecule has 130 valence electrons. The Labute approximate surface area is 149 Å². The number of anilines is 1. The molecule has 0 aliphatic rings. The van der Waals surface area contributed by atoms with Crippen molar-refractivity contribution < 1.29 is 4.79 Å². The first-order valence-electron chi connectivity index (χ1n) is 8.61. The van der Waals surface area contributed by atoms with E-state index in [0.717, 1.165) is 47.9 Å². The van der Waals surface area contributed by atoms with Crippen LogP contribution in [0.1, 0.15) is 43.6 Å². The molecule has 1 N–H and O–H groups in total. The molecule has 0 spiro atoms. The normalized spacial score (nSPS) is 10.8. The Balaban J connectivity index is 2.00. The van der Waals surface area contributed by atoms with Gasteiger partial charge in [0.15, 0.2) is 5.16 Å². The van der Waals surface area contributed by atoms with E-state index in [1.54, 1.807) is 0 Å². The number of imidazole rings is 1. The fraction of sp³-hybridized carbons (Fsp3) is 0.474. The van der Waals surface area contributed by atoms with Gasteiger partial charge in [-0.05, 0) is 38.3 Å². The largest absolute Gasteiger partial charge is 0.325 e. The van der Waals surface area contributed by atoms with E-state index in [2.05, 4.69) is 35.6 Å². The number of amides is 1. The van der Waals surface area contributed by atoms with Gasteiger partial charge in [-0.3, -0.25) is 4.79 Å². The van der Waals surface area contributed by atoms with Crippen molar-refractivity contribution in [1.29, 1.82) is 0 Å². The van der Waals surface area contributed by atoms with E-state index in [-0.39, 0.29) is 5.91 Å². The molecule has 2 rings (SSSR count). The van der Waals surface area contributed by atoms with E-state index in [9.17, 15) is 4.79 Å². The highest BCUT2D eigenvalue weighted by Gasteiger charge is 2.13. The smallest absolute Gasteiger partial charge is 0.234 e. The third kappa shape index (κ3) is 4.63. The van der Waals surface area contributed by atoms with Gasteiger partial charge in [-0.15, -0.1) is 0 Å². The first-order chi connectivity index (χ1) is 11.6. The summed E-state index contributed by atoms with van der Waals surface area (Å²) < 4.78 is 2.23. The van der Waals surface area contributed by atoms with Gasteiger partial charge < -0.3 is 9.88 Å². The van der Waals surface area contributed by atoms with Crippen LogP contribution in [0.25, 0.3) is 0 Å². The van der Waals surface area contributed by atoms with Gasteiger partial charge in [0.25, 0.3) is 0 Å². The molecule has 5 heteroatoms. The first-order valence-corrected chi connectivity index (χ1v) is 9.59. The number of para-hydroxylation sites is 1. The number of rotatable bonds is 8. The molecule has 0 aliphatic heterocycles. The molecule has 0 atom stereocenters. The number of aryl methyl sites for hydroxylation is 2. The highest BCUT2D eigenvalue weighted by molar-refractivity contribution is 7.99. The Bertz CT molecular complexity index is 694. The van der Waals surface area contributed by atoms with Crippen molar-refractivity contribution in [2.45, 2.75) is 58.7 Å². The molecule has 24 heavy (non-hydrogen) atoms. The number of benzene rings is 1. The van der Waals surface area contributed by atoms with Gasteiger partial charge in [-0.1, -0.05) is 50.2 Å². The number of hydrogen-bond donors (Lipinski definition) is 1. The van der Waals surface area contributed by atoms with Crippen molar-refractivity contribution in [2.24, 2.45) is 0 Å². The second kappa shape index (κ2) is 8.92. The monoisotopic (exact) mass is 345 g/mol. The van der Waals surface area contributed by atoms with Crippen LogP contribution in [-0.2, 0) is 17.8 Å². The lowest BCUT2D eigenvalue weighted by Crippen LogP contribution is -2.16. The Kier molecular flexibility index (Phi) is 6.91. The molecule has 0 saturated heterocycles. The lowest BCUT2D eigenvalue weighted by molar-refractivity contribution is -0.113. The first kappa shape index (κ1) is 18.6. The molecule has 1 amide bonds. The van der Waals surface area contributed by atoms with Gasteiger partial charge >= 0.3 is 0 Å². The van der Waals surface area contributed by atoms with Crippen LogP contribution in [0, 0.1) is 13.8 Å². The Morgan fingerprint density at radius 3 is 2.71 bits per heavy atom. The summed E-state index contributed by atoms with van der Waals surface area (Å²) in [6, 6.07) is 7.95. The van der Waals surface area contributed by atoms with Crippen molar-refractivity contribution in [3.05, 3.63) is 41.2 Å². The highest BCUT2D eigenvalue weighted by atomic mass is 32.2. The number of unbranched alkanes of at least 4 members (excludes halogenated alkanes) is 1. The molecule has 0 bridgehead atoms. The number of nitrogens with zero attached hydrogens (tertiary/aromatic N) is 2. The van der Waals surface area contributed by atoms with Gasteiger partial charge in [-0.25, -0.2) is 4.98 Å². The molecule has 1 heterocycles. The molecule has 1 aromatic carbocycles. The third-order valence-electron chi connectivity index (χ3n) is 4.16. The molecule has 0 saturated carbocycles. The lowest BCUT2D eigenvalue weighted by Gasteiger charge is -2.11. The summed E-state index contributed by atoms with van der Waals surface area (Å²) in [6.07, 6.45) is 3.18. The van der Waals surface area contributed by atoms with Crippen molar-refractivity contribution in [1.82, 2.24) is 9.55 Å². The van der Waals surface area contributed by atoms with Crippen LogP contribution in [-0.4, -0.2) is 21.2 Å². The molecule has 0 radical (unpaired) electrons. The van der Waals surface area contributed by atoms with Crippen LogP contribution in [0.4, 0.5) is 5.69 Å². The number of carbonyl (C=O) groups excluding carboxylic acids is 1. The minimum absolute atomic E-state index is 0.0150. The van der Waals surface area contributed by atoms with Crippen LogP contribution in [0.3, 0.4) is 0 Å². The Hall–Kier alpha value is -1.75. The van der Waals surface area contributed by atoms with Gasteiger partial charge in [-0.2, -0.15) is 0 Å². The summed E-state index contributed by atoms with van der Waals surface area (Å²) >= 11 is 1.51. The molecule has 0 unspecified atom stereocenters. The van der Waals surface area contributed by atoms with Crippen LogP contribution in [0.5, 0.6) is 0 Å². The van der Waals surface area contributed by atoms with E-state index in [0.29, 0.717) is 5.75 Å². The standard InChI is InChI=1S/C19H27N3OS/c1-5-7-12-22-15(4)14(3)20-19(22)24-13-18(23)21-17-11-9-8-10-16(17)6-2/h8-11H,5-7,12-13H2,1-4H3,(H,21,23). The zero-order chi connectivity index (χ0) is 17.5. The van der Waals surface area contributed by atoms with Crippen LogP contribution < -0.4 is 5.32 Å². The van der Waals surface area contributed by atoms with Crippen molar-refractivity contribution in [3.63, 3.8) is 0 Å². The van der Waals surface area contributed by atoms with Crippen LogP contribution in [0.15, 0.2) is 29.4 Å². The number of thioether (sulfide) groups is 1. The summed E-state index contributed by atoms with van der Waals surface area (Å²) in [4.78, 5) is 16.9. The molecule has 1 aromatic heterocycles. The fourth-order valence-corrected chi connectivity index (χ4v) is 3.50. The van der Waals surface area contributed by atoms with Crippen molar-refractivity contribution >= 4 is 23.4 Å². The van der Waals surface area contributed by atoms with E-state index < -0.39 is 0 Å². The Morgan fingerprint density at radius 2 is 2.00 bits per heavy atom. The Morgan fingerprint density at radius 1 is 1.25 bits per heavy atom. The predicted molar refractivity (Wildman–Crippen MR) is 102 cm³/mol. The predicted octanol–water partition coefficient (Wildman–Crippen LogP) is 4.59. The van der Waals surface area contributed by atoms with Crippen LogP contribution in [0.2, 0.25) is 0 Å². The van der Waals surface area contributed by atoms with E-state index in [1.165, 1.54) is 17.5 Å². The summed E-state index contributed by atoms with van der Waals surface area (Å²) in [5.74, 6) is 0.390. The number of aromatic nitrogens is 2. The van der Waals surface area contributed by atoms with Crippen molar-refractivity contribution in [3.8, 4) is 0 Å². The molecular formula is C19H27N3OS. The maximum Gasteiger partial charge on any atom is 0.234 e. The molecule has 4 nitrogen and oxygen atoms in total. The minimum Gasteiger partial charge on any atom is -0.325 e. The van der Waals surface area contributed by atoms with Gasteiger partial charge in [0, 0.05) is 17.9 Å². The highest BCUT2D eigenvalue weighted by Crippen LogP contribution is 2.22. The second-order valence-electron chi connectivity index (χ2n) is 5.92. The van der Waals surface area contributed by atoms with Gasteiger partial charge in [0.1, 0.15) is 0 Å². The summed E-state index contributed by atoms with van der Waals surface area (Å²) in [5, 5.41) is 3.96. The minimum atomic E-state index is 0.0150. The quantitative estimate of drug-likeness (QED) is 0.712. The maximum atomic E-state index is 12.3. The summed E-state index contributed by atoms with van der Waals surface area (Å²) in [7, 11) is 0. The maximum absolute atomic E-state index is 12.3. The summed E-state index contributed by atoms with van der Waals surface area (Å²) in [5.41, 5.74) is 4.31. The van der Waals surface area contributed by atoms with Crippen molar-refractivity contribution in [2.75, 3.05) is 11.1 Å². The molecule has 0 aliphatic carbocycles. The SMILES string of the molecule is CCCCn1c(SCC(=O)Nc2ccccc2CC)nc(C)c1C. The average molecular weight is 346 g/mol. The molecular weight excluding hydrogens is 318 g/mol. The van der Waals surface area contributed by atoms with Crippen LogP contribution >= 0.6 is 11.8 Å². The second-order valence-corrected chi connectivity index (χ2v) is 6.86. The zero-order valence-corrected chi connectivity index (χ0v) is 15.9. The topological polar surface area (TPSA) is 46.9 Å². The van der Waals surface area contributed by atoms with Gasteiger partial charge in [0.05, 0.1) is 11.4 Å². The van der Waals surface area contributed by atoms with E-state index in [1.807, 2.05) is 31.2 Å².